The van der Waals surface area contributed by atoms with Crippen LogP contribution in [0.15, 0.2) is 59.8 Å². The fourth-order valence-corrected chi connectivity index (χ4v) is 1.41. The third kappa shape index (κ3) is 7.89. The molecule has 0 rings (SSSR count). The van der Waals surface area contributed by atoms with Crippen molar-refractivity contribution in [1.82, 2.24) is 0 Å². The minimum Gasteiger partial charge on any atom is -0.0984 e. The molecule has 0 amide bonds. The summed E-state index contributed by atoms with van der Waals surface area (Å²) in [6, 6.07) is 0. The molecule has 0 unspecified atom stereocenters. The van der Waals surface area contributed by atoms with E-state index >= 15 is 0 Å². The molecule has 0 nitrogen and oxygen atoms in total. The van der Waals surface area contributed by atoms with E-state index in [0.717, 1.165) is 22.3 Å². The zero-order valence-corrected chi connectivity index (χ0v) is 13.8. The van der Waals surface area contributed by atoms with Gasteiger partial charge < -0.3 is 0 Å². The van der Waals surface area contributed by atoms with Gasteiger partial charge in [0.1, 0.15) is 0 Å². The van der Waals surface area contributed by atoms with E-state index in [1.165, 1.54) is 5.57 Å². The van der Waals surface area contributed by atoms with Crippen molar-refractivity contribution >= 4 is 0 Å². The second kappa shape index (κ2) is 13.8. The number of allylic oxidation sites excluding steroid dienone is 7. The van der Waals surface area contributed by atoms with Gasteiger partial charge in [-0.1, -0.05) is 70.7 Å². The van der Waals surface area contributed by atoms with Gasteiger partial charge in [-0.05, 0) is 44.4 Å². The van der Waals surface area contributed by atoms with Crippen molar-refractivity contribution in [2.75, 3.05) is 0 Å². The Balaban J connectivity index is -0.000000506. The smallest absolute Gasteiger partial charge is 0.0132 e. The standard InChI is InChI=1S/C14H20.2C2H6/c1-8-12(7)14(11(5)6)13(9-2)10(3)4;2*1-2/h8-9H,2-3,5H2,1,4,6-7H3;2*1-2H3/b12-8-,14-13+;;. The fraction of sp³-hybridized carbons (Fsp3) is 0.444. The van der Waals surface area contributed by atoms with Gasteiger partial charge >= 0.3 is 0 Å². The van der Waals surface area contributed by atoms with Gasteiger partial charge in [0.2, 0.25) is 0 Å². The summed E-state index contributed by atoms with van der Waals surface area (Å²) in [4.78, 5) is 0. The zero-order valence-electron chi connectivity index (χ0n) is 13.8. The van der Waals surface area contributed by atoms with Gasteiger partial charge in [-0.15, -0.1) is 0 Å². The molecule has 0 radical (unpaired) electrons. The van der Waals surface area contributed by atoms with Gasteiger partial charge in [0, 0.05) is 0 Å². The van der Waals surface area contributed by atoms with Crippen LogP contribution in [-0.4, -0.2) is 0 Å². The lowest BCUT2D eigenvalue weighted by atomic mass is 9.92. The summed E-state index contributed by atoms with van der Waals surface area (Å²) in [6.45, 7) is 27.9. The zero-order chi connectivity index (χ0) is 15.3. The van der Waals surface area contributed by atoms with Crippen LogP contribution in [0.25, 0.3) is 0 Å². The van der Waals surface area contributed by atoms with Crippen LogP contribution in [0, 0.1) is 0 Å². The molecule has 0 heterocycles. The topological polar surface area (TPSA) is 0 Å². The first kappa shape index (κ1) is 21.9. The Morgan fingerprint density at radius 3 is 1.39 bits per heavy atom. The summed E-state index contributed by atoms with van der Waals surface area (Å²) in [7, 11) is 0. The van der Waals surface area contributed by atoms with Crippen molar-refractivity contribution in [1.29, 1.82) is 0 Å². The first-order chi connectivity index (χ1) is 8.45. The highest BCUT2D eigenvalue weighted by atomic mass is 14.1. The third-order valence-corrected chi connectivity index (χ3v) is 2.19. The molecular formula is C18H32. The Hall–Kier alpha value is -1.30. The van der Waals surface area contributed by atoms with Crippen LogP contribution in [0.3, 0.4) is 0 Å². The van der Waals surface area contributed by atoms with Crippen LogP contribution in [0.5, 0.6) is 0 Å². The Bertz CT molecular complexity index is 322. The molecule has 0 fully saturated rings. The van der Waals surface area contributed by atoms with Gasteiger partial charge in [0.15, 0.2) is 0 Å². The number of rotatable bonds is 4. The minimum absolute atomic E-state index is 1.03. The minimum atomic E-state index is 1.03. The van der Waals surface area contributed by atoms with Crippen LogP contribution in [0.1, 0.15) is 55.4 Å². The molecule has 0 aromatic rings. The quantitative estimate of drug-likeness (QED) is 0.489. The summed E-state index contributed by atoms with van der Waals surface area (Å²) in [6.07, 6.45) is 3.93. The number of hydrogen-bond acceptors (Lipinski definition) is 0. The Morgan fingerprint density at radius 1 is 0.833 bits per heavy atom. The van der Waals surface area contributed by atoms with Crippen LogP contribution < -0.4 is 0 Å². The molecule has 0 saturated heterocycles. The SMILES string of the molecule is C=C/C(C(=C)C)=C(C(=C)C)\C(C)=C/C.CC.CC. The molecule has 18 heavy (non-hydrogen) atoms. The fourth-order valence-electron chi connectivity index (χ4n) is 1.41. The average molecular weight is 248 g/mol. The maximum Gasteiger partial charge on any atom is -0.0132 e. The van der Waals surface area contributed by atoms with E-state index in [9.17, 15) is 0 Å². The van der Waals surface area contributed by atoms with Gasteiger partial charge in [0.05, 0.1) is 0 Å². The summed E-state index contributed by atoms with van der Waals surface area (Å²) < 4.78 is 0. The Labute approximate surface area is 116 Å². The van der Waals surface area contributed by atoms with Crippen molar-refractivity contribution < 1.29 is 0 Å². The monoisotopic (exact) mass is 248 g/mol. The first-order valence-corrected chi connectivity index (χ1v) is 6.77. The predicted molar refractivity (Wildman–Crippen MR) is 89.0 cm³/mol. The molecule has 0 N–H and O–H groups in total. The van der Waals surface area contributed by atoms with E-state index in [1.54, 1.807) is 0 Å². The van der Waals surface area contributed by atoms with E-state index in [0.29, 0.717) is 0 Å². The largest absolute Gasteiger partial charge is 0.0984 e. The van der Waals surface area contributed by atoms with Gasteiger partial charge in [-0.2, -0.15) is 0 Å². The second-order valence-corrected chi connectivity index (χ2v) is 3.53. The average Bonchev–Trinajstić information content (AvgIpc) is 2.38. The van der Waals surface area contributed by atoms with E-state index in [1.807, 2.05) is 54.5 Å². The number of hydrogen-bond donors (Lipinski definition) is 0. The lowest BCUT2D eigenvalue weighted by molar-refractivity contribution is 1.26. The summed E-state index contributed by atoms with van der Waals surface area (Å²) in [5, 5.41) is 0. The molecule has 0 aliphatic rings. The lowest BCUT2D eigenvalue weighted by Gasteiger charge is -2.13. The van der Waals surface area contributed by atoms with Crippen LogP contribution in [0.4, 0.5) is 0 Å². The van der Waals surface area contributed by atoms with Crippen molar-refractivity contribution in [2.24, 2.45) is 0 Å². The predicted octanol–water partition coefficient (Wildman–Crippen LogP) is 6.64. The van der Waals surface area contributed by atoms with E-state index in [4.69, 9.17) is 0 Å². The summed E-state index contributed by atoms with van der Waals surface area (Å²) >= 11 is 0. The molecule has 0 spiro atoms. The Morgan fingerprint density at radius 2 is 1.22 bits per heavy atom. The second-order valence-electron chi connectivity index (χ2n) is 3.53. The van der Waals surface area contributed by atoms with E-state index in [-0.39, 0.29) is 0 Å². The summed E-state index contributed by atoms with van der Waals surface area (Å²) in [5.41, 5.74) is 5.55. The Kier molecular flexibility index (Phi) is 16.8. The van der Waals surface area contributed by atoms with Crippen LogP contribution in [0.2, 0.25) is 0 Å². The maximum atomic E-state index is 3.99. The first-order valence-electron chi connectivity index (χ1n) is 6.77. The molecular weight excluding hydrogens is 216 g/mol. The van der Waals surface area contributed by atoms with Crippen molar-refractivity contribution in [3.63, 3.8) is 0 Å². The normalized spacial score (nSPS) is 11.0. The molecule has 104 valence electrons. The molecule has 0 atom stereocenters. The van der Waals surface area contributed by atoms with Crippen LogP contribution in [-0.2, 0) is 0 Å². The lowest BCUT2D eigenvalue weighted by Crippen LogP contribution is -1.94. The molecule has 0 aromatic carbocycles. The summed E-state index contributed by atoms with van der Waals surface area (Å²) in [5.74, 6) is 0. The molecule has 0 aromatic heterocycles. The third-order valence-electron chi connectivity index (χ3n) is 2.19. The molecule has 0 saturated carbocycles. The van der Waals surface area contributed by atoms with E-state index < -0.39 is 0 Å². The van der Waals surface area contributed by atoms with Crippen molar-refractivity contribution in [2.45, 2.75) is 55.4 Å². The maximum absolute atomic E-state index is 3.99. The molecule has 0 aliphatic heterocycles. The van der Waals surface area contributed by atoms with Gasteiger partial charge in [0.25, 0.3) is 0 Å². The molecule has 0 bridgehead atoms. The van der Waals surface area contributed by atoms with Crippen molar-refractivity contribution in [3.8, 4) is 0 Å². The highest BCUT2D eigenvalue weighted by Gasteiger charge is 2.06. The molecule has 0 heteroatoms. The molecule has 0 aliphatic carbocycles. The highest BCUT2D eigenvalue weighted by Crippen LogP contribution is 2.26. The van der Waals surface area contributed by atoms with Gasteiger partial charge in [-0.25, -0.2) is 0 Å². The highest BCUT2D eigenvalue weighted by molar-refractivity contribution is 5.55. The van der Waals surface area contributed by atoms with E-state index in [2.05, 4.69) is 32.7 Å². The van der Waals surface area contributed by atoms with Crippen LogP contribution >= 0.6 is 0 Å². The van der Waals surface area contributed by atoms with Crippen molar-refractivity contribution in [3.05, 3.63) is 59.8 Å². The van der Waals surface area contributed by atoms with Gasteiger partial charge in [-0.3, -0.25) is 0 Å².